The van der Waals surface area contributed by atoms with Crippen LogP contribution in [0.3, 0.4) is 0 Å². The number of amides is 1. The number of nitrogens with two attached hydrogens (primary N) is 1. The minimum absolute atomic E-state index is 0.0479. The van der Waals surface area contributed by atoms with Crippen molar-refractivity contribution >= 4 is 15.9 Å². The Labute approximate surface area is 164 Å². The van der Waals surface area contributed by atoms with E-state index in [1.807, 2.05) is 0 Å². The predicted octanol–water partition coefficient (Wildman–Crippen LogP) is 2.27. The highest BCUT2D eigenvalue weighted by atomic mass is 32.2. The van der Waals surface area contributed by atoms with E-state index in [2.05, 4.69) is 19.2 Å². The maximum absolute atomic E-state index is 12.9. The van der Waals surface area contributed by atoms with Crippen LogP contribution in [0, 0.1) is 5.41 Å². The quantitative estimate of drug-likeness (QED) is 0.768. The van der Waals surface area contributed by atoms with Crippen LogP contribution in [0.2, 0.25) is 0 Å². The molecule has 1 amide bonds. The van der Waals surface area contributed by atoms with Crippen molar-refractivity contribution in [3.63, 3.8) is 0 Å². The number of ether oxygens (including phenoxy) is 2. The van der Waals surface area contributed by atoms with Crippen molar-refractivity contribution in [3.05, 3.63) is 53.6 Å². The summed E-state index contributed by atoms with van der Waals surface area (Å²) in [6, 6.07) is 11.5. The molecule has 1 saturated carbocycles. The van der Waals surface area contributed by atoms with Gasteiger partial charge in [-0.15, -0.1) is 0 Å². The number of sulfonamides is 1. The number of hydrogen-bond acceptors (Lipinski definition) is 5. The number of carbonyl (C=O) groups is 1. The molecule has 3 N–H and O–H groups in total. The number of methoxy groups -OCH3 is 2. The molecule has 0 radical (unpaired) electrons. The predicted molar refractivity (Wildman–Crippen MR) is 105 cm³/mol. The fourth-order valence-corrected chi connectivity index (χ4v) is 4.20. The Morgan fingerprint density at radius 2 is 1.57 bits per heavy atom. The molecule has 0 unspecified atom stereocenters. The van der Waals surface area contributed by atoms with Gasteiger partial charge in [0.05, 0.1) is 19.1 Å². The van der Waals surface area contributed by atoms with Gasteiger partial charge in [-0.25, -0.2) is 13.6 Å². The van der Waals surface area contributed by atoms with Crippen LogP contribution < -0.4 is 19.9 Å². The Bertz CT molecular complexity index is 978. The van der Waals surface area contributed by atoms with Crippen LogP contribution in [0.1, 0.15) is 35.7 Å². The summed E-state index contributed by atoms with van der Waals surface area (Å²) in [5.41, 5.74) is 1.10. The van der Waals surface area contributed by atoms with E-state index in [1.54, 1.807) is 30.3 Å². The van der Waals surface area contributed by atoms with Gasteiger partial charge in [-0.05, 0) is 35.2 Å². The van der Waals surface area contributed by atoms with Crippen molar-refractivity contribution in [1.29, 1.82) is 0 Å². The molecule has 0 spiro atoms. The molecular weight excluding hydrogens is 380 g/mol. The first-order valence-electron chi connectivity index (χ1n) is 8.76. The summed E-state index contributed by atoms with van der Waals surface area (Å²) in [5, 5.41) is 8.22. The smallest absolute Gasteiger partial charge is 0.259 e. The van der Waals surface area contributed by atoms with E-state index in [-0.39, 0.29) is 28.2 Å². The van der Waals surface area contributed by atoms with E-state index in [1.165, 1.54) is 26.4 Å². The molecule has 3 rings (SSSR count). The summed E-state index contributed by atoms with van der Waals surface area (Å²) < 4.78 is 33.5. The maximum atomic E-state index is 12.9. The zero-order chi connectivity index (χ0) is 20.7. The summed E-state index contributed by atoms with van der Waals surface area (Å²) in [4.78, 5) is 13.0. The summed E-state index contributed by atoms with van der Waals surface area (Å²) in [6.07, 6.45) is 0. The second kappa shape index (κ2) is 7.10. The number of carbonyl (C=O) groups excluding carboxylic acids is 1. The molecule has 2 aromatic rings. The average molecular weight is 404 g/mol. The van der Waals surface area contributed by atoms with Gasteiger partial charge in [0.2, 0.25) is 10.0 Å². The zero-order valence-corrected chi connectivity index (χ0v) is 17.0. The maximum Gasteiger partial charge on any atom is 0.259 e. The van der Waals surface area contributed by atoms with Gasteiger partial charge in [0.1, 0.15) is 17.1 Å². The van der Waals surface area contributed by atoms with E-state index < -0.39 is 10.0 Å². The summed E-state index contributed by atoms with van der Waals surface area (Å²) in [7, 11) is -0.730. The van der Waals surface area contributed by atoms with Crippen molar-refractivity contribution in [2.24, 2.45) is 10.6 Å². The molecule has 2 aromatic carbocycles. The van der Waals surface area contributed by atoms with E-state index in [9.17, 15) is 13.2 Å². The number of primary sulfonamides is 1. The fourth-order valence-electron chi connectivity index (χ4n) is 3.68. The number of rotatable bonds is 6. The summed E-state index contributed by atoms with van der Waals surface area (Å²) >= 11 is 0. The van der Waals surface area contributed by atoms with Gasteiger partial charge in [0.15, 0.2) is 0 Å². The van der Waals surface area contributed by atoms with E-state index in [0.29, 0.717) is 17.1 Å². The molecule has 1 aliphatic rings. The number of nitrogens with one attached hydrogen (secondary N) is 1. The minimum Gasteiger partial charge on any atom is -0.496 e. The van der Waals surface area contributed by atoms with E-state index in [4.69, 9.17) is 14.6 Å². The third-order valence-corrected chi connectivity index (χ3v) is 6.27. The molecule has 2 atom stereocenters. The molecule has 8 heteroatoms. The normalized spacial score (nSPS) is 20.3. The van der Waals surface area contributed by atoms with Crippen molar-refractivity contribution in [2.75, 3.05) is 14.2 Å². The lowest BCUT2D eigenvalue weighted by Crippen LogP contribution is -2.29. The van der Waals surface area contributed by atoms with Crippen LogP contribution in [0.25, 0.3) is 0 Å². The highest BCUT2D eigenvalue weighted by Gasteiger charge is 2.59. The highest BCUT2D eigenvalue weighted by molar-refractivity contribution is 7.89. The molecule has 0 saturated heterocycles. The molecule has 1 fully saturated rings. The number of benzene rings is 2. The first-order valence-corrected chi connectivity index (χ1v) is 10.3. The van der Waals surface area contributed by atoms with Gasteiger partial charge in [0.25, 0.3) is 5.91 Å². The molecule has 7 nitrogen and oxygen atoms in total. The standard InChI is InChI=1S/C20H24N2O5S/c1-20(2)17(12-8-10-13(11-9-12)28(21,24)25)18(20)22-19(23)16-14(26-3)6-5-7-15(16)27-4/h5-11,17-18H,1-4H3,(H,22,23)(H2,21,24,25)/t17-,18-/m1/s1. The Balaban J connectivity index is 1.83. The summed E-state index contributed by atoms with van der Waals surface area (Å²) in [5.74, 6) is 0.636. The lowest BCUT2D eigenvalue weighted by atomic mass is 10.0. The van der Waals surface area contributed by atoms with Crippen LogP contribution in [0.4, 0.5) is 0 Å². The van der Waals surface area contributed by atoms with Gasteiger partial charge in [-0.2, -0.15) is 0 Å². The molecule has 0 aliphatic heterocycles. The van der Waals surface area contributed by atoms with Crippen LogP contribution in [-0.4, -0.2) is 34.6 Å². The van der Waals surface area contributed by atoms with Gasteiger partial charge in [-0.1, -0.05) is 32.0 Å². The molecule has 150 valence electrons. The molecule has 0 aromatic heterocycles. The van der Waals surface area contributed by atoms with Crippen molar-refractivity contribution < 1.29 is 22.7 Å². The summed E-state index contributed by atoms with van der Waals surface area (Å²) in [6.45, 7) is 4.10. The Kier molecular flexibility index (Phi) is 5.12. The Hall–Kier alpha value is -2.58. The lowest BCUT2D eigenvalue weighted by Gasteiger charge is -2.13. The van der Waals surface area contributed by atoms with Crippen molar-refractivity contribution in [1.82, 2.24) is 5.32 Å². The second-order valence-corrected chi connectivity index (χ2v) is 8.96. The molecule has 1 aliphatic carbocycles. The van der Waals surface area contributed by atoms with Gasteiger partial charge < -0.3 is 14.8 Å². The highest BCUT2D eigenvalue weighted by Crippen LogP contribution is 2.58. The Morgan fingerprint density at radius 3 is 2.04 bits per heavy atom. The van der Waals surface area contributed by atoms with Gasteiger partial charge in [0, 0.05) is 12.0 Å². The van der Waals surface area contributed by atoms with Crippen LogP contribution in [0.15, 0.2) is 47.4 Å². The van der Waals surface area contributed by atoms with Gasteiger partial charge in [-0.3, -0.25) is 4.79 Å². The van der Waals surface area contributed by atoms with E-state index in [0.717, 1.165) is 5.56 Å². The largest absolute Gasteiger partial charge is 0.496 e. The molecule has 0 bridgehead atoms. The van der Waals surface area contributed by atoms with Crippen LogP contribution in [-0.2, 0) is 10.0 Å². The van der Waals surface area contributed by atoms with Gasteiger partial charge >= 0.3 is 0 Å². The zero-order valence-electron chi connectivity index (χ0n) is 16.2. The average Bonchev–Trinajstić information content (AvgIpc) is 3.19. The fraction of sp³-hybridized carbons (Fsp3) is 0.350. The van der Waals surface area contributed by atoms with Crippen LogP contribution >= 0.6 is 0 Å². The molecular formula is C20H24N2O5S. The third kappa shape index (κ3) is 3.57. The molecule has 28 heavy (non-hydrogen) atoms. The SMILES string of the molecule is COc1cccc(OC)c1C(=O)N[C@@H]1[C@@H](c2ccc(S(N)(=O)=O)cc2)C1(C)C. The van der Waals surface area contributed by atoms with Crippen LogP contribution in [0.5, 0.6) is 11.5 Å². The van der Waals surface area contributed by atoms with Crippen molar-refractivity contribution in [2.45, 2.75) is 30.7 Å². The lowest BCUT2D eigenvalue weighted by molar-refractivity contribution is 0.0939. The second-order valence-electron chi connectivity index (χ2n) is 7.40. The monoisotopic (exact) mass is 404 g/mol. The Morgan fingerprint density at radius 1 is 1.04 bits per heavy atom. The third-order valence-electron chi connectivity index (χ3n) is 5.34. The first kappa shape index (κ1) is 20.2. The number of hydrogen-bond donors (Lipinski definition) is 2. The van der Waals surface area contributed by atoms with E-state index >= 15 is 0 Å². The first-order chi connectivity index (χ1) is 13.1. The van der Waals surface area contributed by atoms with Crippen molar-refractivity contribution in [3.8, 4) is 11.5 Å². The topological polar surface area (TPSA) is 108 Å². The minimum atomic E-state index is -3.74. The molecule has 0 heterocycles.